The molecule has 7 heteroatoms. The van der Waals surface area contributed by atoms with E-state index in [0.717, 1.165) is 0 Å². The monoisotopic (exact) mass is 287 g/mol. The predicted molar refractivity (Wildman–Crippen MR) is 73.5 cm³/mol. The van der Waals surface area contributed by atoms with Crippen molar-refractivity contribution in [2.24, 2.45) is 0 Å². The van der Waals surface area contributed by atoms with Crippen molar-refractivity contribution >= 4 is 11.9 Å². The first kappa shape index (κ1) is 14.4. The number of hydrogen-bond donors (Lipinski definition) is 2. The molecule has 2 N–H and O–H groups in total. The zero-order chi connectivity index (χ0) is 15.2. The Kier molecular flexibility index (Phi) is 4.45. The Bertz CT molecular complexity index is 638. The Morgan fingerprint density at radius 2 is 1.86 bits per heavy atom. The summed E-state index contributed by atoms with van der Waals surface area (Å²) in [7, 11) is 0. The highest BCUT2D eigenvalue weighted by Gasteiger charge is 2.08. The number of aromatic nitrogens is 2. The predicted octanol–water partition coefficient (Wildman–Crippen LogP) is 1.72. The highest BCUT2D eigenvalue weighted by atomic mass is 16.5. The minimum atomic E-state index is -1.01. The van der Waals surface area contributed by atoms with Gasteiger partial charge in [-0.2, -0.15) is 0 Å². The van der Waals surface area contributed by atoms with Gasteiger partial charge in [-0.15, -0.1) is 10.2 Å². The highest BCUT2D eigenvalue weighted by molar-refractivity contribution is 5.92. The third-order valence-corrected chi connectivity index (χ3v) is 2.53. The van der Waals surface area contributed by atoms with E-state index in [-0.39, 0.29) is 23.0 Å². The average molecular weight is 287 g/mol. The van der Waals surface area contributed by atoms with Gasteiger partial charge in [-0.1, -0.05) is 0 Å². The zero-order valence-electron chi connectivity index (χ0n) is 11.2. The second-order valence-corrected chi connectivity index (χ2v) is 4.05. The number of rotatable bonds is 5. The van der Waals surface area contributed by atoms with Crippen LogP contribution in [0.25, 0.3) is 0 Å². The molecule has 0 aliphatic rings. The van der Waals surface area contributed by atoms with E-state index in [4.69, 9.17) is 9.84 Å². The van der Waals surface area contributed by atoms with Gasteiger partial charge in [0.15, 0.2) is 5.69 Å². The molecule has 21 heavy (non-hydrogen) atoms. The van der Waals surface area contributed by atoms with Crippen molar-refractivity contribution in [2.45, 2.75) is 6.92 Å². The van der Waals surface area contributed by atoms with E-state index in [9.17, 15) is 9.59 Å². The van der Waals surface area contributed by atoms with Crippen LogP contribution < -0.4 is 10.1 Å². The Labute approximate surface area is 120 Å². The molecule has 0 radical (unpaired) electrons. The van der Waals surface area contributed by atoms with E-state index in [1.54, 1.807) is 0 Å². The van der Waals surface area contributed by atoms with Crippen molar-refractivity contribution < 1.29 is 19.4 Å². The minimum absolute atomic E-state index is 0.167. The fraction of sp³-hybridized carbons (Fsp3) is 0.143. The second-order valence-electron chi connectivity index (χ2n) is 4.05. The number of carbonyl (C=O) groups is 2. The molecule has 2 rings (SSSR count). The van der Waals surface area contributed by atoms with Gasteiger partial charge in [0.1, 0.15) is 5.75 Å². The van der Waals surface area contributed by atoms with Gasteiger partial charge < -0.3 is 15.2 Å². The van der Waals surface area contributed by atoms with Crippen LogP contribution in [0.4, 0.5) is 0 Å². The van der Waals surface area contributed by atoms with Crippen molar-refractivity contribution in [3.8, 4) is 11.6 Å². The number of carbonyl (C=O) groups excluding carboxylic acids is 1. The molecule has 1 amide bonds. The molecule has 1 aromatic carbocycles. The van der Waals surface area contributed by atoms with Crippen LogP contribution in [-0.4, -0.2) is 33.7 Å². The normalized spacial score (nSPS) is 9.95. The number of hydrogen-bond acceptors (Lipinski definition) is 5. The van der Waals surface area contributed by atoms with E-state index in [1.807, 2.05) is 6.92 Å². The Morgan fingerprint density at radius 1 is 1.14 bits per heavy atom. The maximum atomic E-state index is 11.5. The first-order valence-corrected chi connectivity index (χ1v) is 6.23. The van der Waals surface area contributed by atoms with Gasteiger partial charge in [0.05, 0.1) is 5.56 Å². The smallest absolute Gasteiger partial charge is 0.335 e. The molecule has 7 nitrogen and oxygen atoms in total. The lowest BCUT2D eigenvalue weighted by Crippen LogP contribution is -2.23. The van der Waals surface area contributed by atoms with Crippen LogP contribution in [0.2, 0.25) is 0 Å². The van der Waals surface area contributed by atoms with E-state index in [2.05, 4.69) is 15.5 Å². The number of aromatic carboxylic acids is 1. The maximum Gasteiger partial charge on any atom is 0.335 e. The highest BCUT2D eigenvalue weighted by Crippen LogP contribution is 2.19. The van der Waals surface area contributed by atoms with Crippen LogP contribution in [0, 0.1) is 0 Å². The molecule has 0 aliphatic carbocycles. The molecule has 0 atom stereocenters. The van der Waals surface area contributed by atoms with Crippen LogP contribution in [0.15, 0.2) is 36.4 Å². The summed E-state index contributed by atoms with van der Waals surface area (Å²) in [6.07, 6.45) is 0. The second kappa shape index (κ2) is 6.47. The van der Waals surface area contributed by atoms with Crippen LogP contribution in [0.5, 0.6) is 11.6 Å². The molecule has 2 aromatic rings. The summed E-state index contributed by atoms with van der Waals surface area (Å²) in [4.78, 5) is 22.2. The van der Waals surface area contributed by atoms with E-state index in [1.165, 1.54) is 36.4 Å². The molecule has 1 heterocycles. The van der Waals surface area contributed by atoms with Crippen LogP contribution >= 0.6 is 0 Å². The molecule has 0 unspecified atom stereocenters. The Balaban J connectivity index is 2.06. The van der Waals surface area contributed by atoms with Crippen molar-refractivity contribution in [1.29, 1.82) is 0 Å². The van der Waals surface area contributed by atoms with Gasteiger partial charge in [-0.05, 0) is 37.3 Å². The molecular formula is C14H13N3O4. The number of nitrogens with one attached hydrogen (secondary N) is 1. The minimum Gasteiger partial charge on any atom is -0.478 e. The lowest BCUT2D eigenvalue weighted by atomic mass is 10.2. The molecule has 0 aliphatic heterocycles. The third kappa shape index (κ3) is 3.75. The van der Waals surface area contributed by atoms with E-state index < -0.39 is 5.97 Å². The average Bonchev–Trinajstić information content (AvgIpc) is 2.49. The summed E-state index contributed by atoms with van der Waals surface area (Å²) >= 11 is 0. The number of amides is 1. The Hall–Kier alpha value is -2.96. The molecule has 108 valence electrons. The summed E-state index contributed by atoms with van der Waals surface area (Å²) in [6.45, 7) is 2.32. The largest absolute Gasteiger partial charge is 0.478 e. The number of benzene rings is 1. The van der Waals surface area contributed by atoms with Crippen LogP contribution in [-0.2, 0) is 0 Å². The van der Waals surface area contributed by atoms with Crippen LogP contribution in [0.3, 0.4) is 0 Å². The summed E-state index contributed by atoms with van der Waals surface area (Å²) in [5.74, 6) is -0.666. The summed E-state index contributed by atoms with van der Waals surface area (Å²) in [5, 5.41) is 18.9. The van der Waals surface area contributed by atoms with Crippen molar-refractivity contribution in [3.63, 3.8) is 0 Å². The lowest BCUT2D eigenvalue weighted by Gasteiger charge is -2.05. The third-order valence-electron chi connectivity index (χ3n) is 2.53. The van der Waals surface area contributed by atoms with E-state index >= 15 is 0 Å². The molecule has 0 saturated carbocycles. The topological polar surface area (TPSA) is 101 Å². The van der Waals surface area contributed by atoms with Gasteiger partial charge in [0, 0.05) is 12.6 Å². The van der Waals surface area contributed by atoms with Gasteiger partial charge in [-0.25, -0.2) is 4.79 Å². The van der Waals surface area contributed by atoms with Crippen LogP contribution in [0.1, 0.15) is 27.8 Å². The van der Waals surface area contributed by atoms with Gasteiger partial charge in [-0.3, -0.25) is 4.79 Å². The lowest BCUT2D eigenvalue weighted by molar-refractivity contribution is 0.0696. The quantitative estimate of drug-likeness (QED) is 0.868. The molecule has 0 fully saturated rings. The molecule has 0 saturated heterocycles. The standard InChI is InChI=1S/C14H13N3O4/c1-2-15-13(18)11-7-8-12(17-16-11)21-10-5-3-9(4-6-10)14(19)20/h3-8H,2H2,1H3,(H,15,18)(H,19,20). The van der Waals surface area contributed by atoms with Crippen molar-refractivity contribution in [1.82, 2.24) is 15.5 Å². The fourth-order valence-corrected chi connectivity index (χ4v) is 1.53. The summed E-state index contributed by atoms with van der Waals surface area (Å²) < 4.78 is 5.41. The first-order valence-electron chi connectivity index (χ1n) is 6.23. The SMILES string of the molecule is CCNC(=O)c1ccc(Oc2ccc(C(=O)O)cc2)nn1. The zero-order valence-corrected chi connectivity index (χ0v) is 11.2. The fourth-order valence-electron chi connectivity index (χ4n) is 1.53. The molecule has 1 aromatic heterocycles. The maximum absolute atomic E-state index is 11.5. The Morgan fingerprint density at radius 3 is 2.38 bits per heavy atom. The molecule has 0 spiro atoms. The van der Waals surface area contributed by atoms with Gasteiger partial charge in [0.25, 0.3) is 5.91 Å². The number of nitrogens with zero attached hydrogens (tertiary/aromatic N) is 2. The molecule has 0 bridgehead atoms. The summed E-state index contributed by atoms with van der Waals surface area (Å²) in [6, 6.07) is 8.90. The van der Waals surface area contributed by atoms with Crippen molar-refractivity contribution in [3.05, 3.63) is 47.7 Å². The number of carboxylic acid groups (broad SMARTS) is 1. The van der Waals surface area contributed by atoms with Gasteiger partial charge >= 0.3 is 5.97 Å². The first-order chi connectivity index (χ1) is 10.1. The van der Waals surface area contributed by atoms with Gasteiger partial charge in [0.2, 0.25) is 5.88 Å². The van der Waals surface area contributed by atoms with E-state index in [0.29, 0.717) is 12.3 Å². The number of carboxylic acids is 1. The number of ether oxygens (including phenoxy) is 1. The molecular weight excluding hydrogens is 274 g/mol. The summed E-state index contributed by atoms with van der Waals surface area (Å²) in [5.41, 5.74) is 0.366. The van der Waals surface area contributed by atoms with Crippen molar-refractivity contribution in [2.75, 3.05) is 6.54 Å².